The normalized spacial score (nSPS) is 10.4. The number of carbonyl (C=O) groups is 1. The first-order valence-corrected chi connectivity index (χ1v) is 7.55. The third kappa shape index (κ3) is 4.16. The van der Waals surface area contributed by atoms with Crippen molar-refractivity contribution in [2.45, 2.75) is 13.3 Å². The molecule has 0 saturated heterocycles. The Bertz CT molecular complexity index is 799. The maximum absolute atomic E-state index is 12.0. The van der Waals surface area contributed by atoms with Crippen LogP contribution in [0, 0.1) is 6.92 Å². The molecule has 0 fully saturated rings. The van der Waals surface area contributed by atoms with Crippen molar-refractivity contribution < 1.29 is 9.32 Å². The number of hydrogen-bond donors (Lipinski definition) is 2. The average Bonchev–Trinajstić information content (AvgIpc) is 3.01. The van der Waals surface area contributed by atoms with Gasteiger partial charge in [0.2, 0.25) is 0 Å². The Hall–Kier alpha value is -3.22. The van der Waals surface area contributed by atoms with E-state index in [9.17, 15) is 4.79 Å². The van der Waals surface area contributed by atoms with Gasteiger partial charge in [0.15, 0.2) is 5.82 Å². The molecule has 7 nitrogen and oxygen atoms in total. The van der Waals surface area contributed by atoms with E-state index in [2.05, 4.69) is 25.8 Å². The number of anilines is 2. The molecule has 2 aromatic heterocycles. The number of benzene rings is 1. The van der Waals surface area contributed by atoms with Crippen molar-refractivity contribution >= 4 is 17.5 Å². The molecule has 3 rings (SSSR count). The molecule has 1 amide bonds. The lowest BCUT2D eigenvalue weighted by Gasteiger charge is -2.05. The van der Waals surface area contributed by atoms with E-state index in [1.54, 1.807) is 13.0 Å². The number of aromatic nitrogens is 3. The van der Waals surface area contributed by atoms with Crippen LogP contribution < -0.4 is 10.6 Å². The van der Waals surface area contributed by atoms with Gasteiger partial charge in [0, 0.05) is 12.6 Å². The second kappa shape index (κ2) is 7.36. The SMILES string of the molecule is Cc1cc(Nc2cnc(C(=O)NCCc3ccccc3)cn2)no1. The van der Waals surface area contributed by atoms with E-state index in [0.29, 0.717) is 23.9 Å². The van der Waals surface area contributed by atoms with Crippen molar-refractivity contribution in [1.29, 1.82) is 0 Å². The van der Waals surface area contributed by atoms with Crippen molar-refractivity contribution in [3.8, 4) is 0 Å². The zero-order valence-corrected chi connectivity index (χ0v) is 13.2. The summed E-state index contributed by atoms with van der Waals surface area (Å²) >= 11 is 0. The second-order valence-corrected chi connectivity index (χ2v) is 5.23. The van der Waals surface area contributed by atoms with Gasteiger partial charge >= 0.3 is 0 Å². The molecule has 2 heterocycles. The minimum Gasteiger partial charge on any atom is -0.360 e. The molecule has 0 atom stereocenters. The van der Waals surface area contributed by atoms with Gasteiger partial charge < -0.3 is 15.2 Å². The highest BCUT2D eigenvalue weighted by atomic mass is 16.5. The Kier molecular flexibility index (Phi) is 4.81. The second-order valence-electron chi connectivity index (χ2n) is 5.23. The lowest BCUT2D eigenvalue weighted by Crippen LogP contribution is -2.26. The summed E-state index contributed by atoms with van der Waals surface area (Å²) in [4.78, 5) is 20.3. The summed E-state index contributed by atoms with van der Waals surface area (Å²) in [6.07, 6.45) is 3.68. The predicted molar refractivity (Wildman–Crippen MR) is 89.0 cm³/mol. The van der Waals surface area contributed by atoms with Crippen molar-refractivity contribution in [2.24, 2.45) is 0 Å². The zero-order chi connectivity index (χ0) is 16.8. The maximum Gasteiger partial charge on any atom is 0.271 e. The molecule has 0 aliphatic rings. The van der Waals surface area contributed by atoms with E-state index in [-0.39, 0.29) is 11.6 Å². The Morgan fingerprint density at radius 1 is 1.12 bits per heavy atom. The number of amides is 1. The van der Waals surface area contributed by atoms with E-state index in [4.69, 9.17) is 4.52 Å². The van der Waals surface area contributed by atoms with Crippen molar-refractivity contribution in [2.75, 3.05) is 11.9 Å². The fourth-order valence-electron chi connectivity index (χ4n) is 2.12. The molecule has 0 saturated carbocycles. The standard InChI is InChI=1S/C17H17N5O2/c1-12-9-15(22-24-12)21-16-11-19-14(10-20-16)17(23)18-8-7-13-5-3-2-4-6-13/h2-6,9-11H,7-8H2,1H3,(H,18,23)(H,20,21,22). The third-order valence-corrected chi connectivity index (χ3v) is 3.31. The number of nitrogens with one attached hydrogen (secondary N) is 2. The van der Waals surface area contributed by atoms with Crippen LogP contribution in [0.4, 0.5) is 11.6 Å². The summed E-state index contributed by atoms with van der Waals surface area (Å²) in [7, 11) is 0. The van der Waals surface area contributed by atoms with E-state index in [0.717, 1.165) is 6.42 Å². The van der Waals surface area contributed by atoms with Crippen molar-refractivity contribution in [3.63, 3.8) is 0 Å². The molecule has 122 valence electrons. The van der Waals surface area contributed by atoms with Crippen LogP contribution in [0.2, 0.25) is 0 Å². The van der Waals surface area contributed by atoms with Crippen LogP contribution in [-0.2, 0) is 6.42 Å². The first-order chi connectivity index (χ1) is 11.7. The molecule has 0 bridgehead atoms. The number of hydrogen-bond acceptors (Lipinski definition) is 6. The topological polar surface area (TPSA) is 92.9 Å². The lowest BCUT2D eigenvalue weighted by molar-refractivity contribution is 0.0949. The Morgan fingerprint density at radius 2 is 1.96 bits per heavy atom. The largest absolute Gasteiger partial charge is 0.360 e. The molecule has 0 aliphatic heterocycles. The van der Waals surface area contributed by atoms with Crippen LogP contribution in [0.1, 0.15) is 21.8 Å². The monoisotopic (exact) mass is 323 g/mol. The Morgan fingerprint density at radius 3 is 2.62 bits per heavy atom. The molecule has 7 heteroatoms. The van der Waals surface area contributed by atoms with Crippen LogP contribution in [-0.4, -0.2) is 27.6 Å². The smallest absolute Gasteiger partial charge is 0.271 e. The molecule has 0 radical (unpaired) electrons. The van der Waals surface area contributed by atoms with Gasteiger partial charge in [0.05, 0.1) is 12.4 Å². The quantitative estimate of drug-likeness (QED) is 0.724. The molecular formula is C17H17N5O2. The Labute approximate surface area is 139 Å². The Balaban J connectivity index is 1.52. The molecule has 1 aromatic carbocycles. The number of rotatable bonds is 6. The summed E-state index contributed by atoms with van der Waals surface area (Å²) in [6, 6.07) is 11.7. The number of nitrogens with zero attached hydrogens (tertiary/aromatic N) is 3. The van der Waals surface area contributed by atoms with Gasteiger partial charge in [0.25, 0.3) is 5.91 Å². The maximum atomic E-state index is 12.0. The van der Waals surface area contributed by atoms with Gasteiger partial charge in [-0.05, 0) is 18.9 Å². The first kappa shape index (κ1) is 15.7. The molecule has 0 spiro atoms. The molecule has 0 unspecified atom stereocenters. The zero-order valence-electron chi connectivity index (χ0n) is 13.2. The highest BCUT2D eigenvalue weighted by molar-refractivity contribution is 5.92. The summed E-state index contributed by atoms with van der Waals surface area (Å²) in [5.74, 6) is 1.48. The minimum atomic E-state index is -0.248. The molecule has 2 N–H and O–H groups in total. The van der Waals surface area contributed by atoms with Crippen molar-refractivity contribution in [3.05, 3.63) is 65.8 Å². The highest BCUT2D eigenvalue weighted by Crippen LogP contribution is 2.13. The van der Waals surface area contributed by atoms with E-state index in [1.807, 2.05) is 30.3 Å². The fraction of sp³-hybridized carbons (Fsp3) is 0.176. The van der Waals surface area contributed by atoms with Crippen molar-refractivity contribution in [1.82, 2.24) is 20.4 Å². The van der Waals surface area contributed by atoms with E-state index >= 15 is 0 Å². The van der Waals surface area contributed by atoms with E-state index in [1.165, 1.54) is 18.0 Å². The van der Waals surface area contributed by atoms with Gasteiger partial charge in [0.1, 0.15) is 17.3 Å². The highest BCUT2D eigenvalue weighted by Gasteiger charge is 2.08. The predicted octanol–water partition coefficient (Wildman–Crippen LogP) is 2.49. The van der Waals surface area contributed by atoms with Crippen LogP contribution in [0.25, 0.3) is 0 Å². The molecule has 0 aliphatic carbocycles. The van der Waals surface area contributed by atoms with Gasteiger partial charge in [-0.2, -0.15) is 0 Å². The summed E-state index contributed by atoms with van der Waals surface area (Å²) in [5.41, 5.74) is 1.44. The summed E-state index contributed by atoms with van der Waals surface area (Å²) in [6.45, 7) is 2.34. The van der Waals surface area contributed by atoms with Gasteiger partial charge in [-0.15, -0.1) is 0 Å². The third-order valence-electron chi connectivity index (χ3n) is 3.31. The number of carbonyl (C=O) groups excluding carboxylic acids is 1. The minimum absolute atomic E-state index is 0.248. The van der Waals surface area contributed by atoms with Gasteiger partial charge in [-0.1, -0.05) is 35.5 Å². The summed E-state index contributed by atoms with van der Waals surface area (Å²) < 4.78 is 4.95. The molecule has 3 aromatic rings. The lowest BCUT2D eigenvalue weighted by atomic mass is 10.1. The van der Waals surface area contributed by atoms with Gasteiger partial charge in [-0.25, -0.2) is 9.97 Å². The number of aryl methyl sites for hydroxylation is 1. The van der Waals surface area contributed by atoms with E-state index < -0.39 is 0 Å². The molecular weight excluding hydrogens is 306 g/mol. The van der Waals surface area contributed by atoms with Crippen LogP contribution in [0.5, 0.6) is 0 Å². The van der Waals surface area contributed by atoms with Crippen LogP contribution >= 0.6 is 0 Å². The molecule has 24 heavy (non-hydrogen) atoms. The summed E-state index contributed by atoms with van der Waals surface area (Å²) in [5, 5.41) is 9.58. The van der Waals surface area contributed by atoms with Crippen LogP contribution in [0.15, 0.2) is 53.3 Å². The first-order valence-electron chi connectivity index (χ1n) is 7.55. The van der Waals surface area contributed by atoms with Crippen LogP contribution in [0.3, 0.4) is 0 Å². The average molecular weight is 323 g/mol. The van der Waals surface area contributed by atoms with Gasteiger partial charge in [-0.3, -0.25) is 4.79 Å². The fourth-order valence-corrected chi connectivity index (χ4v) is 2.12.